The minimum atomic E-state index is -0.383. The van der Waals surface area contributed by atoms with Crippen LogP contribution in [0.2, 0.25) is 0 Å². The Balaban J connectivity index is 2.25. The standard InChI is InChI=1S/C18H11BrFN3/c19-12-7-5-11(6-8-12)14-9-17(23-18(22)15(14)10-21)13-3-1-2-4-16(13)20/h1-9H,(H2,22,23). The maximum Gasteiger partial charge on any atom is 0.142 e. The van der Waals surface area contributed by atoms with Crippen LogP contribution in [0, 0.1) is 17.1 Å². The smallest absolute Gasteiger partial charge is 0.142 e. The summed E-state index contributed by atoms with van der Waals surface area (Å²) in [5, 5.41) is 9.38. The van der Waals surface area contributed by atoms with Crippen molar-refractivity contribution in [3.8, 4) is 28.5 Å². The minimum absolute atomic E-state index is 0.0890. The average Bonchev–Trinajstić information content (AvgIpc) is 2.55. The molecule has 1 aromatic heterocycles. The molecule has 112 valence electrons. The SMILES string of the molecule is N#Cc1c(-c2ccc(Br)cc2)cc(-c2ccccc2F)nc1N. The molecule has 0 saturated carbocycles. The zero-order valence-corrected chi connectivity index (χ0v) is 13.5. The van der Waals surface area contributed by atoms with Crippen LogP contribution >= 0.6 is 15.9 Å². The molecule has 2 aromatic carbocycles. The van der Waals surface area contributed by atoms with Gasteiger partial charge in [0.05, 0.1) is 5.69 Å². The van der Waals surface area contributed by atoms with Gasteiger partial charge in [-0.15, -0.1) is 0 Å². The Morgan fingerprint density at radius 3 is 2.39 bits per heavy atom. The highest BCUT2D eigenvalue weighted by Gasteiger charge is 2.15. The second-order valence-corrected chi connectivity index (χ2v) is 5.83. The van der Waals surface area contributed by atoms with Crippen molar-refractivity contribution in [2.75, 3.05) is 5.73 Å². The van der Waals surface area contributed by atoms with Crippen molar-refractivity contribution in [3.05, 3.63) is 70.5 Å². The number of nitrogens with two attached hydrogens (primary N) is 1. The Kier molecular flexibility index (Phi) is 4.09. The molecule has 0 fully saturated rings. The zero-order chi connectivity index (χ0) is 16.4. The molecule has 0 bridgehead atoms. The van der Waals surface area contributed by atoms with Crippen LogP contribution in [0.25, 0.3) is 22.4 Å². The molecular formula is C18H11BrFN3. The minimum Gasteiger partial charge on any atom is -0.383 e. The number of rotatable bonds is 2. The average molecular weight is 368 g/mol. The maximum atomic E-state index is 14.0. The molecule has 0 radical (unpaired) electrons. The van der Waals surface area contributed by atoms with Gasteiger partial charge in [-0.3, -0.25) is 0 Å². The fourth-order valence-electron chi connectivity index (χ4n) is 2.35. The first-order valence-corrected chi connectivity index (χ1v) is 7.61. The van der Waals surface area contributed by atoms with Crippen molar-refractivity contribution < 1.29 is 4.39 Å². The molecule has 3 nitrogen and oxygen atoms in total. The van der Waals surface area contributed by atoms with Crippen LogP contribution in [-0.2, 0) is 0 Å². The molecule has 2 N–H and O–H groups in total. The summed E-state index contributed by atoms with van der Waals surface area (Å²) >= 11 is 3.38. The Bertz CT molecular complexity index is 915. The van der Waals surface area contributed by atoms with Crippen LogP contribution in [0.15, 0.2) is 59.1 Å². The quantitative estimate of drug-likeness (QED) is 0.709. The maximum absolute atomic E-state index is 14.0. The van der Waals surface area contributed by atoms with E-state index in [1.54, 1.807) is 24.3 Å². The topological polar surface area (TPSA) is 62.7 Å². The zero-order valence-electron chi connectivity index (χ0n) is 11.9. The van der Waals surface area contributed by atoms with Gasteiger partial charge in [-0.25, -0.2) is 9.37 Å². The molecule has 0 spiro atoms. The molecule has 1 heterocycles. The Labute approximate surface area is 141 Å². The van der Waals surface area contributed by atoms with Crippen LogP contribution in [0.5, 0.6) is 0 Å². The lowest BCUT2D eigenvalue weighted by atomic mass is 9.98. The van der Waals surface area contributed by atoms with Crippen LogP contribution in [0.1, 0.15) is 5.56 Å². The number of pyridine rings is 1. The number of anilines is 1. The van der Waals surface area contributed by atoms with Gasteiger partial charge in [0.1, 0.15) is 23.3 Å². The van der Waals surface area contributed by atoms with Crippen molar-refractivity contribution in [1.29, 1.82) is 5.26 Å². The Morgan fingerprint density at radius 1 is 1.04 bits per heavy atom. The van der Waals surface area contributed by atoms with Gasteiger partial charge in [-0.05, 0) is 35.9 Å². The van der Waals surface area contributed by atoms with Gasteiger partial charge >= 0.3 is 0 Å². The van der Waals surface area contributed by atoms with E-state index in [2.05, 4.69) is 27.0 Å². The molecule has 0 aliphatic heterocycles. The second-order valence-electron chi connectivity index (χ2n) is 4.91. The van der Waals surface area contributed by atoms with E-state index in [1.165, 1.54) is 6.07 Å². The molecule has 0 saturated heterocycles. The second kappa shape index (κ2) is 6.19. The highest BCUT2D eigenvalue weighted by Crippen LogP contribution is 2.32. The third-order valence-electron chi connectivity index (χ3n) is 3.46. The van der Waals surface area contributed by atoms with E-state index in [1.807, 2.05) is 24.3 Å². The van der Waals surface area contributed by atoms with Crippen molar-refractivity contribution >= 4 is 21.7 Å². The largest absolute Gasteiger partial charge is 0.383 e. The van der Waals surface area contributed by atoms with Gasteiger partial charge in [-0.1, -0.05) is 40.2 Å². The van der Waals surface area contributed by atoms with E-state index in [9.17, 15) is 9.65 Å². The van der Waals surface area contributed by atoms with Crippen LogP contribution in [0.4, 0.5) is 10.2 Å². The summed E-state index contributed by atoms with van der Waals surface area (Å²) in [5.41, 5.74) is 8.40. The van der Waals surface area contributed by atoms with Crippen LogP contribution in [0.3, 0.4) is 0 Å². The first-order valence-electron chi connectivity index (χ1n) is 6.81. The number of nitrogens with zero attached hydrogens (tertiary/aromatic N) is 2. The third-order valence-corrected chi connectivity index (χ3v) is 3.99. The summed E-state index contributed by atoms with van der Waals surface area (Å²) in [7, 11) is 0. The number of hydrogen-bond acceptors (Lipinski definition) is 3. The van der Waals surface area contributed by atoms with Gasteiger partial charge in [0.2, 0.25) is 0 Å². The van der Waals surface area contributed by atoms with Crippen molar-refractivity contribution in [3.63, 3.8) is 0 Å². The van der Waals surface area contributed by atoms with Crippen molar-refractivity contribution in [1.82, 2.24) is 4.98 Å². The van der Waals surface area contributed by atoms with E-state index in [4.69, 9.17) is 5.73 Å². The number of halogens is 2. The van der Waals surface area contributed by atoms with E-state index >= 15 is 0 Å². The highest BCUT2D eigenvalue weighted by molar-refractivity contribution is 9.10. The molecular weight excluding hydrogens is 357 g/mol. The number of hydrogen-bond donors (Lipinski definition) is 1. The third kappa shape index (κ3) is 2.94. The first-order chi connectivity index (χ1) is 11.1. The monoisotopic (exact) mass is 367 g/mol. The number of aromatic nitrogens is 1. The molecule has 3 rings (SSSR count). The number of benzene rings is 2. The summed E-state index contributed by atoms with van der Waals surface area (Å²) in [4.78, 5) is 4.18. The number of nitrogen functional groups attached to an aromatic ring is 1. The Morgan fingerprint density at radius 2 is 1.74 bits per heavy atom. The van der Waals surface area contributed by atoms with E-state index in [0.717, 1.165) is 10.0 Å². The predicted molar refractivity (Wildman–Crippen MR) is 91.9 cm³/mol. The molecule has 0 amide bonds. The molecule has 3 aromatic rings. The van der Waals surface area contributed by atoms with Gasteiger partial charge < -0.3 is 5.73 Å². The highest BCUT2D eigenvalue weighted by atomic mass is 79.9. The van der Waals surface area contributed by atoms with Gasteiger partial charge in [0, 0.05) is 15.6 Å². The summed E-state index contributed by atoms with van der Waals surface area (Å²) in [6.07, 6.45) is 0. The fraction of sp³-hybridized carbons (Fsp3) is 0. The van der Waals surface area contributed by atoms with Gasteiger partial charge in [0.25, 0.3) is 0 Å². The fourth-order valence-corrected chi connectivity index (χ4v) is 2.61. The first kappa shape index (κ1) is 15.2. The summed E-state index contributed by atoms with van der Waals surface area (Å²) in [6.45, 7) is 0. The van der Waals surface area contributed by atoms with Crippen molar-refractivity contribution in [2.24, 2.45) is 0 Å². The lowest BCUT2D eigenvalue weighted by molar-refractivity contribution is 0.631. The lowest BCUT2D eigenvalue weighted by Gasteiger charge is -2.11. The van der Waals surface area contributed by atoms with Crippen LogP contribution < -0.4 is 5.73 Å². The molecule has 23 heavy (non-hydrogen) atoms. The molecule has 0 aliphatic rings. The molecule has 5 heteroatoms. The van der Waals surface area contributed by atoms with E-state index < -0.39 is 0 Å². The summed E-state index contributed by atoms with van der Waals surface area (Å²) < 4.78 is 15.0. The van der Waals surface area contributed by atoms with E-state index in [-0.39, 0.29) is 17.2 Å². The lowest BCUT2D eigenvalue weighted by Crippen LogP contribution is -2.00. The summed E-state index contributed by atoms with van der Waals surface area (Å²) in [6, 6.07) is 17.6. The molecule has 0 aliphatic carbocycles. The predicted octanol–water partition coefficient (Wildman–Crippen LogP) is 4.77. The molecule has 0 unspecified atom stereocenters. The van der Waals surface area contributed by atoms with Crippen molar-refractivity contribution in [2.45, 2.75) is 0 Å². The van der Waals surface area contributed by atoms with E-state index in [0.29, 0.717) is 16.8 Å². The van der Waals surface area contributed by atoms with Gasteiger partial charge in [-0.2, -0.15) is 5.26 Å². The Hall–Kier alpha value is -2.71. The molecule has 0 atom stereocenters. The number of nitriles is 1. The normalized spacial score (nSPS) is 10.3. The van der Waals surface area contributed by atoms with Gasteiger partial charge in [0.15, 0.2) is 0 Å². The van der Waals surface area contributed by atoms with Crippen LogP contribution in [-0.4, -0.2) is 4.98 Å². The summed E-state index contributed by atoms with van der Waals surface area (Å²) in [5.74, 6) is -0.294.